The molecular weight excluding hydrogens is 325 g/mol. The Balaban J connectivity index is 2.06. The lowest BCUT2D eigenvalue weighted by molar-refractivity contribution is 0.0449. The number of benzene rings is 1. The summed E-state index contributed by atoms with van der Waals surface area (Å²) < 4.78 is 14.4. The van der Waals surface area contributed by atoms with Gasteiger partial charge in [-0.1, -0.05) is 28.8 Å². The Morgan fingerprint density at radius 2 is 2.15 bits per heavy atom. The van der Waals surface area contributed by atoms with Gasteiger partial charge in [0.05, 0.1) is 11.7 Å². The fourth-order valence-corrected chi connectivity index (χ4v) is 3.06. The Bertz CT molecular complexity index is 495. The monoisotopic (exact) mass is 343 g/mol. The lowest BCUT2D eigenvalue weighted by atomic mass is 9.86. The molecule has 1 aromatic rings. The maximum Gasteiger partial charge on any atom is 0.256 e. The Kier molecular flexibility index (Phi) is 5.16. The number of hydrogen-bond acceptors (Lipinski definition) is 2. The minimum absolute atomic E-state index is 0.0622. The van der Waals surface area contributed by atoms with Crippen LogP contribution in [0.1, 0.15) is 36.0 Å². The second kappa shape index (κ2) is 6.68. The molecule has 2 atom stereocenters. The zero-order valence-electron chi connectivity index (χ0n) is 11.5. The predicted molar refractivity (Wildman–Crippen MR) is 79.0 cm³/mol. The maximum atomic E-state index is 13.7. The lowest BCUT2D eigenvalue weighted by Gasteiger charge is -2.31. The Morgan fingerprint density at radius 3 is 2.85 bits per heavy atom. The van der Waals surface area contributed by atoms with Gasteiger partial charge in [-0.25, -0.2) is 4.39 Å². The second-order valence-electron chi connectivity index (χ2n) is 5.42. The van der Waals surface area contributed by atoms with Gasteiger partial charge in [0, 0.05) is 24.0 Å². The molecule has 20 heavy (non-hydrogen) atoms. The Labute approximate surface area is 126 Å². The maximum absolute atomic E-state index is 13.7. The van der Waals surface area contributed by atoms with Crippen LogP contribution in [0.25, 0.3) is 0 Å². The van der Waals surface area contributed by atoms with E-state index in [0.29, 0.717) is 11.0 Å². The van der Waals surface area contributed by atoms with Gasteiger partial charge in [0.1, 0.15) is 5.82 Å². The summed E-state index contributed by atoms with van der Waals surface area (Å²) in [6, 6.07) is 4.34. The quantitative estimate of drug-likeness (QED) is 0.915. The van der Waals surface area contributed by atoms with E-state index in [-0.39, 0.29) is 23.5 Å². The summed E-state index contributed by atoms with van der Waals surface area (Å²) in [6.07, 6.45) is 3.47. The van der Waals surface area contributed by atoms with Gasteiger partial charge in [0.25, 0.3) is 5.91 Å². The van der Waals surface area contributed by atoms with Gasteiger partial charge >= 0.3 is 0 Å². The van der Waals surface area contributed by atoms with Gasteiger partial charge in [0.2, 0.25) is 0 Å². The van der Waals surface area contributed by atoms with E-state index >= 15 is 0 Å². The first-order valence-electron chi connectivity index (χ1n) is 6.87. The molecule has 0 aromatic heterocycles. The van der Waals surface area contributed by atoms with Crippen LogP contribution in [0.2, 0.25) is 0 Å². The minimum Gasteiger partial charge on any atom is -0.393 e. The molecule has 1 amide bonds. The second-order valence-corrected chi connectivity index (χ2v) is 6.34. The first-order valence-corrected chi connectivity index (χ1v) is 7.67. The molecule has 0 bridgehead atoms. The van der Waals surface area contributed by atoms with E-state index in [1.54, 1.807) is 13.1 Å². The summed E-state index contributed by atoms with van der Waals surface area (Å²) in [4.78, 5) is 13.8. The molecule has 1 fully saturated rings. The molecule has 0 radical (unpaired) electrons. The largest absolute Gasteiger partial charge is 0.393 e. The van der Waals surface area contributed by atoms with Crippen LogP contribution in [-0.4, -0.2) is 35.6 Å². The van der Waals surface area contributed by atoms with Gasteiger partial charge < -0.3 is 10.0 Å². The number of halogens is 2. The summed E-state index contributed by atoms with van der Waals surface area (Å²) in [5, 5.41) is 9.95. The summed E-state index contributed by atoms with van der Waals surface area (Å²) >= 11 is 3.24. The van der Waals surface area contributed by atoms with E-state index in [1.165, 1.54) is 17.0 Å². The minimum atomic E-state index is -0.519. The van der Waals surface area contributed by atoms with Crippen molar-refractivity contribution >= 4 is 21.8 Å². The number of rotatable bonds is 3. The molecule has 1 aromatic carbocycles. The third-order valence-corrected chi connectivity index (χ3v) is 4.38. The van der Waals surface area contributed by atoms with Crippen LogP contribution in [0.15, 0.2) is 22.7 Å². The van der Waals surface area contributed by atoms with Crippen molar-refractivity contribution < 1.29 is 14.3 Å². The van der Waals surface area contributed by atoms with Crippen molar-refractivity contribution in [1.82, 2.24) is 4.90 Å². The highest BCUT2D eigenvalue weighted by Crippen LogP contribution is 2.25. The molecule has 5 heteroatoms. The van der Waals surface area contributed by atoms with Crippen LogP contribution in [0, 0.1) is 11.7 Å². The molecule has 1 aliphatic rings. The van der Waals surface area contributed by atoms with Crippen molar-refractivity contribution in [3.63, 3.8) is 0 Å². The van der Waals surface area contributed by atoms with Crippen molar-refractivity contribution in [1.29, 1.82) is 0 Å². The number of amides is 1. The molecule has 1 N–H and O–H groups in total. The zero-order valence-corrected chi connectivity index (χ0v) is 13.1. The Hall–Kier alpha value is -0.940. The van der Waals surface area contributed by atoms with E-state index in [4.69, 9.17) is 0 Å². The number of aliphatic hydroxyl groups is 1. The fourth-order valence-electron chi connectivity index (χ4n) is 2.70. The van der Waals surface area contributed by atoms with Gasteiger partial charge in [0.15, 0.2) is 0 Å². The van der Waals surface area contributed by atoms with E-state index in [2.05, 4.69) is 15.9 Å². The van der Waals surface area contributed by atoms with Crippen LogP contribution in [0.5, 0.6) is 0 Å². The zero-order chi connectivity index (χ0) is 14.7. The fraction of sp³-hybridized carbons (Fsp3) is 0.533. The third-order valence-electron chi connectivity index (χ3n) is 3.88. The standard InChI is InChI=1S/C15H19BrFNO2/c1-18(9-10-4-2-3-5-14(10)19)15(20)12-8-11(16)6-7-13(12)17/h6-8,10,14,19H,2-5,9H2,1H3. The summed E-state index contributed by atoms with van der Waals surface area (Å²) in [5.74, 6) is -0.774. The van der Waals surface area contributed by atoms with Gasteiger partial charge in [-0.15, -0.1) is 0 Å². The number of nitrogens with zero attached hydrogens (tertiary/aromatic N) is 1. The average molecular weight is 344 g/mol. The molecule has 0 heterocycles. The molecular formula is C15H19BrFNO2. The van der Waals surface area contributed by atoms with Crippen LogP contribution in [0.4, 0.5) is 4.39 Å². The summed E-state index contributed by atoms with van der Waals surface area (Å²) in [6.45, 7) is 0.464. The SMILES string of the molecule is CN(CC1CCCCC1O)C(=O)c1cc(Br)ccc1F. The topological polar surface area (TPSA) is 40.5 Å². The molecule has 0 saturated heterocycles. The van der Waals surface area contributed by atoms with Gasteiger partial charge in [-0.2, -0.15) is 0 Å². The number of carbonyl (C=O) groups is 1. The molecule has 1 saturated carbocycles. The van der Waals surface area contributed by atoms with Crippen molar-refractivity contribution in [3.05, 3.63) is 34.1 Å². The third kappa shape index (κ3) is 3.58. The highest BCUT2D eigenvalue weighted by Gasteiger charge is 2.26. The van der Waals surface area contributed by atoms with E-state index in [9.17, 15) is 14.3 Å². The first-order chi connectivity index (χ1) is 9.49. The molecule has 3 nitrogen and oxygen atoms in total. The first kappa shape index (κ1) is 15.4. The Morgan fingerprint density at radius 1 is 1.45 bits per heavy atom. The van der Waals surface area contributed by atoms with Gasteiger partial charge in [-0.3, -0.25) is 4.79 Å². The van der Waals surface area contributed by atoms with Crippen molar-refractivity contribution in [2.24, 2.45) is 5.92 Å². The summed E-state index contributed by atoms with van der Waals surface area (Å²) in [7, 11) is 1.66. The van der Waals surface area contributed by atoms with Crippen molar-refractivity contribution in [2.45, 2.75) is 31.8 Å². The lowest BCUT2D eigenvalue weighted by Crippen LogP contribution is -2.38. The highest BCUT2D eigenvalue weighted by atomic mass is 79.9. The molecule has 1 aliphatic carbocycles. The normalized spacial score (nSPS) is 22.6. The molecule has 0 aliphatic heterocycles. The van der Waals surface area contributed by atoms with E-state index in [1.807, 2.05) is 0 Å². The molecule has 2 unspecified atom stereocenters. The number of hydrogen-bond donors (Lipinski definition) is 1. The molecule has 0 spiro atoms. The van der Waals surface area contributed by atoms with E-state index in [0.717, 1.165) is 25.7 Å². The van der Waals surface area contributed by atoms with Crippen molar-refractivity contribution in [2.75, 3.05) is 13.6 Å². The summed E-state index contributed by atoms with van der Waals surface area (Å²) in [5.41, 5.74) is 0.0622. The highest BCUT2D eigenvalue weighted by molar-refractivity contribution is 9.10. The number of carbonyl (C=O) groups excluding carboxylic acids is 1. The van der Waals surface area contributed by atoms with E-state index < -0.39 is 5.82 Å². The van der Waals surface area contributed by atoms with Crippen LogP contribution in [0.3, 0.4) is 0 Å². The molecule has 2 rings (SSSR count). The predicted octanol–water partition coefficient (Wildman–Crippen LogP) is 3.21. The number of aliphatic hydroxyl groups excluding tert-OH is 1. The molecule has 110 valence electrons. The van der Waals surface area contributed by atoms with Crippen molar-refractivity contribution in [3.8, 4) is 0 Å². The van der Waals surface area contributed by atoms with Gasteiger partial charge in [-0.05, 0) is 31.0 Å². The average Bonchev–Trinajstić information content (AvgIpc) is 2.43. The van der Waals surface area contributed by atoms with Crippen LogP contribution in [-0.2, 0) is 0 Å². The van der Waals surface area contributed by atoms with Crippen LogP contribution < -0.4 is 0 Å². The van der Waals surface area contributed by atoms with Crippen LogP contribution >= 0.6 is 15.9 Å². The smallest absolute Gasteiger partial charge is 0.256 e.